The number of ether oxygens (including phenoxy) is 1. The minimum atomic E-state index is -1.28. The zero-order chi connectivity index (χ0) is 22.5. The van der Waals surface area contributed by atoms with Gasteiger partial charge in [-0.15, -0.1) is 11.3 Å². The molecule has 0 saturated carbocycles. The summed E-state index contributed by atoms with van der Waals surface area (Å²) in [5.41, 5.74) is 1.36. The van der Waals surface area contributed by atoms with Crippen LogP contribution in [0.1, 0.15) is 41.4 Å². The molecule has 2 unspecified atom stereocenters. The van der Waals surface area contributed by atoms with E-state index < -0.39 is 35.5 Å². The molecule has 0 saturated heterocycles. The number of aryl methyl sites for hydroxylation is 1. The van der Waals surface area contributed by atoms with Crippen molar-refractivity contribution in [2.45, 2.75) is 33.1 Å². The molecular weight excluding hydrogens is 421 g/mol. The highest BCUT2D eigenvalue weighted by Crippen LogP contribution is 2.41. The summed E-state index contributed by atoms with van der Waals surface area (Å²) in [6.45, 7) is 3.87. The van der Waals surface area contributed by atoms with Gasteiger partial charge in [0.2, 0.25) is 5.91 Å². The lowest BCUT2D eigenvalue weighted by Gasteiger charge is -2.28. The molecule has 0 bridgehead atoms. The van der Waals surface area contributed by atoms with Crippen LogP contribution in [0.2, 0.25) is 0 Å². The minimum absolute atomic E-state index is 0.187. The maximum absolute atomic E-state index is 13.4. The molecule has 1 aromatic carbocycles. The van der Waals surface area contributed by atoms with Crippen molar-refractivity contribution in [3.05, 3.63) is 52.7 Å². The monoisotopic (exact) mass is 444 g/mol. The molecule has 8 heteroatoms. The summed E-state index contributed by atoms with van der Waals surface area (Å²) in [5, 5.41) is 14.5. The van der Waals surface area contributed by atoms with Gasteiger partial charge in [-0.2, -0.15) is 0 Å². The topological polar surface area (TPSA) is 95.5 Å². The van der Waals surface area contributed by atoms with Crippen LogP contribution in [-0.2, 0) is 14.3 Å². The molecular formula is C23H23FNO5S-. The van der Waals surface area contributed by atoms with E-state index in [0.29, 0.717) is 17.5 Å². The molecule has 0 fully saturated rings. The number of rotatable bonds is 7. The number of carboxylic acid groups (broad SMARTS) is 1. The predicted octanol–water partition coefficient (Wildman–Crippen LogP) is 3.70. The van der Waals surface area contributed by atoms with Crippen LogP contribution in [0.3, 0.4) is 0 Å². The molecule has 1 aliphatic carbocycles. The Labute approximate surface area is 183 Å². The summed E-state index contributed by atoms with van der Waals surface area (Å²) in [6, 6.07) is 5.71. The number of benzene rings is 1. The molecule has 0 radical (unpaired) electrons. The van der Waals surface area contributed by atoms with Gasteiger partial charge in [0.05, 0.1) is 12.5 Å². The first kappa shape index (κ1) is 22.7. The third-order valence-corrected chi connectivity index (χ3v) is 6.19. The van der Waals surface area contributed by atoms with Crippen LogP contribution < -0.4 is 10.4 Å². The Balaban J connectivity index is 1.99. The minimum Gasteiger partial charge on any atom is -0.550 e. The first-order valence-corrected chi connectivity index (χ1v) is 10.9. The molecule has 1 aromatic heterocycles. The lowest BCUT2D eigenvalue weighted by Crippen LogP contribution is -2.41. The fourth-order valence-corrected chi connectivity index (χ4v) is 4.69. The highest BCUT2D eigenvalue weighted by Gasteiger charge is 2.32. The fraction of sp³-hybridized carbons (Fsp3) is 0.348. The number of thiophene rings is 1. The Kier molecular flexibility index (Phi) is 7.22. The number of halogens is 1. The van der Waals surface area contributed by atoms with Gasteiger partial charge in [-0.1, -0.05) is 31.2 Å². The zero-order valence-electron chi connectivity index (χ0n) is 17.3. The molecule has 164 valence electrons. The molecule has 1 amide bonds. The van der Waals surface area contributed by atoms with E-state index in [1.807, 2.05) is 6.92 Å². The molecule has 0 aliphatic heterocycles. The lowest BCUT2D eigenvalue weighted by atomic mass is 9.82. The van der Waals surface area contributed by atoms with Crippen molar-refractivity contribution in [2.75, 3.05) is 11.9 Å². The van der Waals surface area contributed by atoms with Gasteiger partial charge in [0.15, 0.2) is 0 Å². The van der Waals surface area contributed by atoms with Crippen molar-refractivity contribution in [1.82, 2.24) is 0 Å². The first-order chi connectivity index (χ1) is 14.8. The molecule has 1 aliphatic rings. The van der Waals surface area contributed by atoms with Crippen LogP contribution in [0.15, 0.2) is 36.4 Å². The summed E-state index contributed by atoms with van der Waals surface area (Å²) >= 11 is 1.20. The number of aliphatic carboxylic acids is 1. The summed E-state index contributed by atoms with van der Waals surface area (Å²) < 4.78 is 18.7. The first-order valence-electron chi connectivity index (χ1n) is 10.1. The van der Waals surface area contributed by atoms with E-state index in [4.69, 9.17) is 4.74 Å². The van der Waals surface area contributed by atoms with Crippen LogP contribution in [-0.4, -0.2) is 24.5 Å². The second-order valence-corrected chi connectivity index (χ2v) is 8.57. The molecule has 3 rings (SSSR count). The van der Waals surface area contributed by atoms with Gasteiger partial charge in [0.1, 0.15) is 16.4 Å². The summed E-state index contributed by atoms with van der Waals surface area (Å²) in [7, 11) is 0. The van der Waals surface area contributed by atoms with Gasteiger partial charge >= 0.3 is 5.97 Å². The Morgan fingerprint density at radius 1 is 1.16 bits per heavy atom. The van der Waals surface area contributed by atoms with Gasteiger partial charge in [-0.3, -0.25) is 4.79 Å². The number of hydrogen-bond donors (Lipinski definition) is 1. The second kappa shape index (κ2) is 9.87. The van der Waals surface area contributed by atoms with Gasteiger partial charge in [0.25, 0.3) is 0 Å². The molecule has 2 aromatic rings. The number of hydrogen-bond acceptors (Lipinski definition) is 6. The van der Waals surface area contributed by atoms with Crippen LogP contribution in [0.25, 0.3) is 11.1 Å². The maximum atomic E-state index is 13.4. The number of esters is 1. The Hall–Kier alpha value is -3.00. The molecule has 0 spiro atoms. The lowest BCUT2D eigenvalue weighted by molar-refractivity contribution is -0.313. The van der Waals surface area contributed by atoms with E-state index in [0.717, 1.165) is 4.88 Å². The van der Waals surface area contributed by atoms with Gasteiger partial charge in [-0.05, 0) is 43.9 Å². The summed E-state index contributed by atoms with van der Waals surface area (Å²) in [5.74, 6) is -4.50. The Bertz CT molecular complexity index is 1010. The zero-order valence-corrected chi connectivity index (χ0v) is 18.1. The molecule has 6 nitrogen and oxygen atoms in total. The van der Waals surface area contributed by atoms with Gasteiger partial charge in [-0.25, -0.2) is 9.18 Å². The Morgan fingerprint density at radius 3 is 2.42 bits per heavy atom. The number of nitrogens with one attached hydrogen (secondary N) is 1. The van der Waals surface area contributed by atoms with Crippen molar-refractivity contribution < 1.29 is 28.6 Å². The number of carbonyl (C=O) groups is 3. The van der Waals surface area contributed by atoms with E-state index in [1.54, 1.807) is 31.2 Å². The maximum Gasteiger partial charge on any atom is 0.341 e. The number of carbonyl (C=O) groups excluding carboxylic acids is 3. The van der Waals surface area contributed by atoms with Gasteiger partial charge in [0, 0.05) is 22.3 Å². The number of amides is 1. The molecule has 31 heavy (non-hydrogen) atoms. The van der Waals surface area contributed by atoms with Crippen LogP contribution in [0.5, 0.6) is 0 Å². The van der Waals surface area contributed by atoms with Crippen molar-refractivity contribution in [3.63, 3.8) is 0 Å². The van der Waals surface area contributed by atoms with Crippen molar-refractivity contribution >= 4 is 34.2 Å². The van der Waals surface area contributed by atoms with Crippen molar-refractivity contribution in [3.8, 4) is 11.1 Å². The van der Waals surface area contributed by atoms with Gasteiger partial charge < -0.3 is 20.0 Å². The fourth-order valence-electron chi connectivity index (χ4n) is 3.63. The average molecular weight is 445 g/mol. The molecule has 1 heterocycles. The van der Waals surface area contributed by atoms with Crippen LogP contribution in [0, 0.1) is 24.6 Å². The molecule has 2 atom stereocenters. The van der Waals surface area contributed by atoms with Crippen LogP contribution in [0.4, 0.5) is 9.39 Å². The van der Waals surface area contributed by atoms with E-state index >= 15 is 0 Å². The third-order valence-electron chi connectivity index (χ3n) is 5.17. The number of allylic oxidation sites excluding steroid dienone is 2. The van der Waals surface area contributed by atoms with Crippen molar-refractivity contribution in [2.24, 2.45) is 11.8 Å². The van der Waals surface area contributed by atoms with E-state index in [2.05, 4.69) is 5.32 Å². The predicted molar refractivity (Wildman–Crippen MR) is 114 cm³/mol. The number of anilines is 1. The number of carboxylic acids is 1. The van der Waals surface area contributed by atoms with E-state index in [9.17, 15) is 23.9 Å². The Morgan fingerprint density at radius 2 is 1.81 bits per heavy atom. The smallest absolute Gasteiger partial charge is 0.341 e. The van der Waals surface area contributed by atoms with Crippen molar-refractivity contribution in [1.29, 1.82) is 0 Å². The summed E-state index contributed by atoms with van der Waals surface area (Å²) in [4.78, 5) is 38.0. The SMILES string of the molecule is CCCOC(=O)c1c(NC(=O)C2CC=CCC2C(=O)[O-])sc(C)c1-c1ccc(F)cc1. The summed E-state index contributed by atoms with van der Waals surface area (Å²) in [6.07, 6.45) is 4.61. The average Bonchev–Trinajstić information content (AvgIpc) is 3.08. The standard InChI is InChI=1S/C23H24FNO5S/c1-3-12-30-23(29)19-18(14-8-10-15(24)11-9-14)13(2)31-21(19)25-20(26)16-6-4-5-7-17(16)22(27)28/h4-5,8-11,16-17H,3,6-7,12H2,1-2H3,(H,25,26)(H,27,28)/p-1. The van der Waals surface area contributed by atoms with Crippen LogP contribution >= 0.6 is 11.3 Å². The highest BCUT2D eigenvalue weighted by molar-refractivity contribution is 7.17. The van der Waals surface area contributed by atoms with E-state index in [1.165, 1.54) is 23.5 Å². The van der Waals surface area contributed by atoms with E-state index in [-0.39, 0.29) is 30.0 Å². The quantitative estimate of drug-likeness (QED) is 0.519. The normalized spacial score (nSPS) is 17.9. The largest absolute Gasteiger partial charge is 0.550 e. The highest BCUT2D eigenvalue weighted by atomic mass is 32.1. The molecule has 1 N–H and O–H groups in total. The second-order valence-electron chi connectivity index (χ2n) is 7.34. The third kappa shape index (κ3) is 5.02.